The van der Waals surface area contributed by atoms with Crippen LogP contribution in [0.25, 0.3) is 11.0 Å². The van der Waals surface area contributed by atoms with E-state index in [2.05, 4.69) is 11.8 Å². The van der Waals surface area contributed by atoms with E-state index in [9.17, 15) is 14.7 Å². The predicted molar refractivity (Wildman–Crippen MR) is 125 cm³/mol. The van der Waals surface area contributed by atoms with Gasteiger partial charge in [0.1, 0.15) is 22.8 Å². The Kier molecular flexibility index (Phi) is 6.70. The molecule has 7 nitrogen and oxygen atoms in total. The Morgan fingerprint density at radius 2 is 1.94 bits per heavy atom. The highest BCUT2D eigenvalue weighted by atomic mass is 16.5. The van der Waals surface area contributed by atoms with Gasteiger partial charge in [-0.25, -0.2) is 4.79 Å². The average Bonchev–Trinajstić information content (AvgIpc) is 2.80. The number of nitrogens with zero attached hydrogens (tertiary/aromatic N) is 1. The average molecular weight is 452 g/mol. The second-order valence-corrected chi connectivity index (χ2v) is 8.42. The van der Waals surface area contributed by atoms with Crippen molar-refractivity contribution in [3.05, 3.63) is 63.5 Å². The molecule has 1 aliphatic rings. The molecule has 0 saturated carbocycles. The number of esters is 1. The Hall–Kier alpha value is -3.32. The third kappa shape index (κ3) is 4.73. The van der Waals surface area contributed by atoms with Crippen molar-refractivity contribution in [2.75, 3.05) is 13.2 Å². The minimum atomic E-state index is -0.416. The predicted octanol–water partition coefficient (Wildman–Crippen LogP) is 5.15. The standard InChI is InChI=1S/C26H29NO6/c1-4-31-26(30)18-8-10-19(11-9-18)33-24-17(3)32-25-20(23(24)29)12-13-22(28)21(25)15-27-14-6-5-7-16(27)2/h8-13,16,28H,4-7,14-15H2,1-3H3/t16-/m1/s1. The number of carbonyl (C=O) groups is 1. The van der Waals surface area contributed by atoms with Crippen molar-refractivity contribution in [2.45, 2.75) is 52.6 Å². The molecule has 1 atom stereocenters. The van der Waals surface area contributed by atoms with Crippen molar-refractivity contribution >= 4 is 16.9 Å². The summed E-state index contributed by atoms with van der Waals surface area (Å²) in [5, 5.41) is 10.9. The van der Waals surface area contributed by atoms with Crippen LogP contribution < -0.4 is 10.2 Å². The van der Waals surface area contributed by atoms with Crippen LogP contribution in [-0.4, -0.2) is 35.2 Å². The molecule has 0 bridgehead atoms. The second-order valence-electron chi connectivity index (χ2n) is 8.42. The Balaban J connectivity index is 1.66. The zero-order valence-electron chi connectivity index (χ0n) is 19.2. The summed E-state index contributed by atoms with van der Waals surface area (Å²) in [6.45, 7) is 7.35. The van der Waals surface area contributed by atoms with Gasteiger partial charge in [-0.3, -0.25) is 9.69 Å². The molecule has 1 saturated heterocycles. The number of aromatic hydroxyl groups is 1. The summed E-state index contributed by atoms with van der Waals surface area (Å²) < 4.78 is 16.9. The van der Waals surface area contributed by atoms with Crippen LogP contribution in [0.15, 0.2) is 45.6 Å². The monoisotopic (exact) mass is 451 g/mol. The number of aryl methyl sites for hydroxylation is 1. The smallest absolute Gasteiger partial charge is 0.338 e. The molecule has 0 unspecified atom stereocenters. The van der Waals surface area contributed by atoms with Gasteiger partial charge in [0.15, 0.2) is 0 Å². The van der Waals surface area contributed by atoms with Crippen LogP contribution in [0, 0.1) is 6.92 Å². The summed E-state index contributed by atoms with van der Waals surface area (Å²) in [6, 6.07) is 9.89. The molecule has 1 fully saturated rings. The summed E-state index contributed by atoms with van der Waals surface area (Å²) in [7, 11) is 0. The van der Waals surface area contributed by atoms with Crippen molar-refractivity contribution in [1.29, 1.82) is 0 Å². The number of ether oxygens (including phenoxy) is 2. The van der Waals surface area contributed by atoms with Gasteiger partial charge in [0.25, 0.3) is 0 Å². The van der Waals surface area contributed by atoms with E-state index in [1.54, 1.807) is 44.2 Å². The lowest BCUT2D eigenvalue weighted by atomic mass is 10.0. The molecule has 0 amide bonds. The number of hydrogen-bond acceptors (Lipinski definition) is 7. The molecule has 174 valence electrons. The number of phenolic OH excluding ortho intramolecular Hbond substituents is 1. The van der Waals surface area contributed by atoms with Crippen LogP contribution in [0.5, 0.6) is 17.2 Å². The summed E-state index contributed by atoms with van der Waals surface area (Å²) in [4.78, 5) is 27.4. The molecule has 4 rings (SSSR count). The summed E-state index contributed by atoms with van der Waals surface area (Å²) in [5.41, 5.74) is 1.10. The maximum absolute atomic E-state index is 13.3. The number of rotatable bonds is 6. The van der Waals surface area contributed by atoms with Gasteiger partial charge < -0.3 is 19.0 Å². The molecule has 2 heterocycles. The maximum atomic E-state index is 13.3. The van der Waals surface area contributed by atoms with Gasteiger partial charge in [0, 0.05) is 12.6 Å². The zero-order chi connectivity index (χ0) is 23.5. The van der Waals surface area contributed by atoms with E-state index in [0.717, 1.165) is 19.4 Å². The van der Waals surface area contributed by atoms with Gasteiger partial charge in [-0.05, 0) is 76.6 Å². The first kappa shape index (κ1) is 22.9. The van der Waals surface area contributed by atoms with Crippen LogP contribution >= 0.6 is 0 Å². The van der Waals surface area contributed by atoms with Gasteiger partial charge in [0.2, 0.25) is 11.2 Å². The number of carbonyl (C=O) groups excluding carboxylic acids is 1. The highest BCUT2D eigenvalue weighted by molar-refractivity contribution is 5.89. The SMILES string of the molecule is CCOC(=O)c1ccc(Oc2c(C)oc3c(CN4CCCC[C@H]4C)c(O)ccc3c2=O)cc1. The van der Waals surface area contributed by atoms with Crippen LogP contribution in [0.1, 0.15) is 54.8 Å². The fraction of sp³-hybridized carbons (Fsp3) is 0.385. The Morgan fingerprint density at radius 1 is 1.18 bits per heavy atom. The summed E-state index contributed by atoms with van der Waals surface area (Å²) >= 11 is 0. The van der Waals surface area contributed by atoms with Crippen LogP contribution in [-0.2, 0) is 11.3 Å². The normalized spacial score (nSPS) is 16.6. The van der Waals surface area contributed by atoms with E-state index in [0.29, 0.717) is 52.8 Å². The fourth-order valence-corrected chi connectivity index (χ4v) is 4.25. The van der Waals surface area contributed by atoms with Crippen molar-refractivity contribution in [2.24, 2.45) is 0 Å². The van der Waals surface area contributed by atoms with Gasteiger partial charge in [-0.1, -0.05) is 6.42 Å². The van der Waals surface area contributed by atoms with Gasteiger partial charge in [0.05, 0.1) is 23.1 Å². The van der Waals surface area contributed by atoms with E-state index in [-0.39, 0.29) is 16.9 Å². The summed E-state index contributed by atoms with van der Waals surface area (Å²) in [6.07, 6.45) is 3.43. The van der Waals surface area contributed by atoms with Crippen LogP contribution in [0.4, 0.5) is 0 Å². The quantitative estimate of drug-likeness (QED) is 0.518. The Labute approximate surface area is 192 Å². The molecule has 0 aliphatic carbocycles. The van der Waals surface area contributed by atoms with Gasteiger partial charge in [-0.2, -0.15) is 0 Å². The number of likely N-dealkylation sites (tertiary alicyclic amines) is 1. The van der Waals surface area contributed by atoms with Crippen molar-refractivity contribution in [3.8, 4) is 17.2 Å². The second kappa shape index (κ2) is 9.67. The number of hydrogen-bond donors (Lipinski definition) is 1. The molecular weight excluding hydrogens is 422 g/mol. The first-order valence-electron chi connectivity index (χ1n) is 11.4. The van der Waals surface area contributed by atoms with Crippen LogP contribution in [0.2, 0.25) is 0 Å². The molecule has 3 aromatic rings. The molecule has 0 spiro atoms. The third-order valence-corrected chi connectivity index (χ3v) is 6.15. The third-order valence-electron chi connectivity index (χ3n) is 6.15. The van der Waals surface area contributed by atoms with E-state index < -0.39 is 5.97 Å². The molecular formula is C26H29NO6. The molecule has 0 radical (unpaired) electrons. The van der Waals surface area contributed by atoms with Crippen LogP contribution in [0.3, 0.4) is 0 Å². The zero-order valence-corrected chi connectivity index (χ0v) is 19.2. The fourth-order valence-electron chi connectivity index (χ4n) is 4.25. The van der Waals surface area contributed by atoms with E-state index >= 15 is 0 Å². The molecule has 7 heteroatoms. The molecule has 1 aliphatic heterocycles. The highest BCUT2D eigenvalue weighted by Gasteiger charge is 2.23. The highest BCUT2D eigenvalue weighted by Crippen LogP contribution is 2.33. The Morgan fingerprint density at radius 3 is 2.64 bits per heavy atom. The van der Waals surface area contributed by atoms with Crippen molar-refractivity contribution in [1.82, 2.24) is 4.90 Å². The molecule has 1 aromatic heterocycles. The van der Waals surface area contributed by atoms with Crippen molar-refractivity contribution < 1.29 is 23.8 Å². The maximum Gasteiger partial charge on any atom is 0.338 e. The number of phenols is 1. The molecule has 1 N–H and O–H groups in total. The van der Waals surface area contributed by atoms with Gasteiger partial charge in [-0.15, -0.1) is 0 Å². The minimum absolute atomic E-state index is 0.0781. The van der Waals surface area contributed by atoms with Gasteiger partial charge >= 0.3 is 5.97 Å². The number of benzene rings is 2. The first-order chi connectivity index (χ1) is 15.9. The lowest BCUT2D eigenvalue weighted by Crippen LogP contribution is -2.36. The largest absolute Gasteiger partial charge is 0.507 e. The molecule has 2 aromatic carbocycles. The lowest BCUT2D eigenvalue weighted by Gasteiger charge is -2.33. The first-order valence-corrected chi connectivity index (χ1v) is 11.4. The van der Waals surface area contributed by atoms with Crippen molar-refractivity contribution in [3.63, 3.8) is 0 Å². The lowest BCUT2D eigenvalue weighted by molar-refractivity contribution is 0.0526. The van der Waals surface area contributed by atoms with E-state index in [1.165, 1.54) is 12.5 Å². The summed E-state index contributed by atoms with van der Waals surface area (Å²) in [5.74, 6) is 0.501. The van der Waals surface area contributed by atoms with E-state index in [4.69, 9.17) is 13.9 Å². The Bertz CT molecular complexity index is 1210. The van der Waals surface area contributed by atoms with E-state index in [1.807, 2.05) is 0 Å². The molecule has 33 heavy (non-hydrogen) atoms. The number of piperidine rings is 1. The minimum Gasteiger partial charge on any atom is -0.507 e. The number of fused-ring (bicyclic) bond motifs is 1. The topological polar surface area (TPSA) is 89.2 Å².